The molecule has 1 aromatic carbocycles. The Bertz CT molecular complexity index is 981. The number of rotatable bonds is 4. The van der Waals surface area contributed by atoms with E-state index in [1.165, 1.54) is 6.20 Å². The SMILES string of the molecule is Cc1cc(/C=N/NC(=O)c2cccnc2)c(C)n1-c1cccc(Cl)c1Cl. The lowest BCUT2D eigenvalue weighted by Crippen LogP contribution is -2.17. The topological polar surface area (TPSA) is 59.3 Å². The lowest BCUT2D eigenvalue weighted by atomic mass is 10.2. The van der Waals surface area contributed by atoms with Gasteiger partial charge < -0.3 is 4.57 Å². The number of benzene rings is 1. The average Bonchev–Trinajstić information content (AvgIpc) is 2.92. The lowest BCUT2D eigenvalue weighted by molar-refractivity contribution is 0.0955. The molecular weight excluding hydrogens is 371 g/mol. The quantitative estimate of drug-likeness (QED) is 0.527. The maximum atomic E-state index is 12.0. The summed E-state index contributed by atoms with van der Waals surface area (Å²) >= 11 is 12.5. The third kappa shape index (κ3) is 3.64. The fourth-order valence-electron chi connectivity index (χ4n) is 2.68. The van der Waals surface area contributed by atoms with Crippen molar-refractivity contribution in [1.29, 1.82) is 0 Å². The fourth-order valence-corrected chi connectivity index (χ4v) is 3.06. The van der Waals surface area contributed by atoms with Gasteiger partial charge in [0.05, 0.1) is 27.5 Å². The van der Waals surface area contributed by atoms with Crippen LogP contribution in [0.2, 0.25) is 10.0 Å². The largest absolute Gasteiger partial charge is 0.316 e. The number of nitrogens with zero attached hydrogens (tertiary/aromatic N) is 3. The summed E-state index contributed by atoms with van der Waals surface area (Å²) in [7, 11) is 0. The van der Waals surface area contributed by atoms with Crippen LogP contribution < -0.4 is 5.43 Å². The van der Waals surface area contributed by atoms with Crippen molar-refractivity contribution in [2.75, 3.05) is 0 Å². The molecule has 0 atom stereocenters. The molecule has 2 aromatic heterocycles. The highest BCUT2D eigenvalue weighted by Gasteiger charge is 2.13. The fraction of sp³-hybridized carbons (Fsp3) is 0.105. The van der Waals surface area contributed by atoms with E-state index < -0.39 is 0 Å². The minimum Gasteiger partial charge on any atom is -0.316 e. The van der Waals surface area contributed by atoms with Gasteiger partial charge in [0.2, 0.25) is 0 Å². The van der Waals surface area contributed by atoms with Crippen LogP contribution in [-0.4, -0.2) is 21.7 Å². The number of nitrogens with one attached hydrogen (secondary N) is 1. The predicted octanol–water partition coefficient (Wildman–Crippen LogP) is 4.56. The summed E-state index contributed by atoms with van der Waals surface area (Å²) in [5, 5.41) is 5.03. The van der Waals surface area contributed by atoms with Crippen LogP contribution in [0.4, 0.5) is 0 Å². The van der Waals surface area contributed by atoms with E-state index in [4.69, 9.17) is 23.2 Å². The highest BCUT2D eigenvalue weighted by atomic mass is 35.5. The Kier molecular flexibility index (Phi) is 5.40. The number of hydrogen-bond acceptors (Lipinski definition) is 3. The van der Waals surface area contributed by atoms with Crippen LogP contribution in [-0.2, 0) is 0 Å². The summed E-state index contributed by atoms with van der Waals surface area (Å²) in [6.45, 7) is 3.92. The van der Waals surface area contributed by atoms with E-state index >= 15 is 0 Å². The maximum Gasteiger partial charge on any atom is 0.272 e. The first kappa shape index (κ1) is 18.2. The molecule has 1 amide bonds. The molecule has 2 heterocycles. The molecule has 5 nitrogen and oxygen atoms in total. The molecule has 0 aliphatic rings. The van der Waals surface area contributed by atoms with Gasteiger partial charge in [-0.3, -0.25) is 9.78 Å². The Morgan fingerprint density at radius 2 is 2.04 bits per heavy atom. The molecule has 0 aliphatic carbocycles. The van der Waals surface area contributed by atoms with Gasteiger partial charge in [-0.2, -0.15) is 5.10 Å². The summed E-state index contributed by atoms with van der Waals surface area (Å²) in [6.07, 6.45) is 4.69. The van der Waals surface area contributed by atoms with E-state index in [1.807, 2.05) is 36.6 Å². The number of hydrazone groups is 1. The van der Waals surface area contributed by atoms with Gasteiger partial charge in [0.1, 0.15) is 0 Å². The molecule has 0 radical (unpaired) electrons. The first-order chi connectivity index (χ1) is 12.5. The highest BCUT2D eigenvalue weighted by Crippen LogP contribution is 2.31. The summed E-state index contributed by atoms with van der Waals surface area (Å²) in [5.41, 5.74) is 6.52. The van der Waals surface area contributed by atoms with E-state index in [0.717, 1.165) is 22.6 Å². The Labute approximate surface area is 161 Å². The van der Waals surface area contributed by atoms with Crippen LogP contribution in [0.3, 0.4) is 0 Å². The van der Waals surface area contributed by atoms with Crippen LogP contribution in [0.25, 0.3) is 5.69 Å². The van der Waals surface area contributed by atoms with E-state index in [0.29, 0.717) is 15.6 Å². The molecule has 0 spiro atoms. The number of amides is 1. The maximum absolute atomic E-state index is 12.0. The van der Waals surface area contributed by atoms with Gasteiger partial charge in [-0.1, -0.05) is 29.3 Å². The second-order valence-corrected chi connectivity index (χ2v) is 6.46. The van der Waals surface area contributed by atoms with Crippen LogP contribution >= 0.6 is 23.2 Å². The van der Waals surface area contributed by atoms with Gasteiger partial charge in [-0.05, 0) is 44.2 Å². The number of pyridine rings is 1. The molecule has 0 bridgehead atoms. The van der Waals surface area contributed by atoms with Crippen LogP contribution in [0.5, 0.6) is 0 Å². The molecule has 3 aromatic rings. The van der Waals surface area contributed by atoms with Gasteiger partial charge >= 0.3 is 0 Å². The first-order valence-corrected chi connectivity index (χ1v) is 8.61. The molecule has 0 saturated carbocycles. The molecule has 26 heavy (non-hydrogen) atoms. The van der Waals surface area contributed by atoms with Crippen molar-refractivity contribution in [3.05, 3.63) is 81.4 Å². The molecule has 0 unspecified atom stereocenters. The van der Waals surface area contributed by atoms with Crippen molar-refractivity contribution >= 4 is 35.3 Å². The number of carbonyl (C=O) groups excluding carboxylic acids is 1. The normalized spacial score (nSPS) is 11.1. The van der Waals surface area contributed by atoms with Gasteiger partial charge in [0.15, 0.2) is 0 Å². The number of hydrogen-bond donors (Lipinski definition) is 1. The highest BCUT2D eigenvalue weighted by molar-refractivity contribution is 6.43. The number of aryl methyl sites for hydroxylation is 1. The van der Waals surface area contributed by atoms with Gasteiger partial charge in [0.25, 0.3) is 5.91 Å². The minimum absolute atomic E-state index is 0.318. The smallest absolute Gasteiger partial charge is 0.272 e. The van der Waals surface area contributed by atoms with Crippen LogP contribution in [0, 0.1) is 13.8 Å². The monoisotopic (exact) mass is 386 g/mol. The van der Waals surface area contributed by atoms with Crippen LogP contribution in [0.15, 0.2) is 53.9 Å². The molecule has 3 rings (SSSR count). The second-order valence-electron chi connectivity index (χ2n) is 5.68. The van der Waals surface area contributed by atoms with Crippen molar-refractivity contribution < 1.29 is 4.79 Å². The van der Waals surface area contributed by atoms with Crippen molar-refractivity contribution in [1.82, 2.24) is 15.0 Å². The molecular formula is C19H16Cl2N4O. The minimum atomic E-state index is -0.318. The van der Waals surface area contributed by atoms with Gasteiger partial charge in [-0.15, -0.1) is 0 Å². The Morgan fingerprint density at radius 1 is 1.23 bits per heavy atom. The van der Waals surface area contributed by atoms with Gasteiger partial charge in [0, 0.05) is 29.3 Å². The number of aromatic nitrogens is 2. The van der Waals surface area contributed by atoms with E-state index in [1.54, 1.807) is 30.6 Å². The average molecular weight is 387 g/mol. The number of carbonyl (C=O) groups is 1. The summed E-state index contributed by atoms with van der Waals surface area (Å²) < 4.78 is 2.00. The molecule has 0 aliphatic heterocycles. The Balaban J connectivity index is 1.84. The standard InChI is InChI=1S/C19H16Cl2N4O/c1-12-9-15(11-23-24-19(26)14-5-4-8-22-10-14)13(2)25(12)17-7-3-6-16(20)18(17)21/h3-11H,1-2H3,(H,24,26)/b23-11+. The third-order valence-electron chi connectivity index (χ3n) is 3.94. The van der Waals surface area contributed by atoms with Crippen molar-refractivity contribution in [3.8, 4) is 5.69 Å². The zero-order valence-electron chi connectivity index (χ0n) is 14.2. The molecule has 0 fully saturated rings. The van der Waals surface area contributed by atoms with E-state index in [9.17, 15) is 4.79 Å². The van der Waals surface area contributed by atoms with Crippen LogP contribution in [0.1, 0.15) is 27.3 Å². The lowest BCUT2D eigenvalue weighted by Gasteiger charge is -2.12. The zero-order chi connectivity index (χ0) is 18.7. The third-order valence-corrected chi connectivity index (χ3v) is 4.74. The Morgan fingerprint density at radius 3 is 2.77 bits per heavy atom. The summed E-state index contributed by atoms with van der Waals surface area (Å²) in [6, 6.07) is 10.8. The zero-order valence-corrected chi connectivity index (χ0v) is 15.7. The molecule has 1 N–H and O–H groups in total. The second kappa shape index (κ2) is 7.72. The van der Waals surface area contributed by atoms with Crippen molar-refractivity contribution in [3.63, 3.8) is 0 Å². The van der Waals surface area contributed by atoms with Crippen molar-refractivity contribution in [2.24, 2.45) is 5.10 Å². The number of halogens is 2. The van der Waals surface area contributed by atoms with Gasteiger partial charge in [-0.25, -0.2) is 5.43 Å². The Hall–Kier alpha value is -2.63. The summed E-state index contributed by atoms with van der Waals surface area (Å²) in [4.78, 5) is 15.9. The van der Waals surface area contributed by atoms with E-state index in [2.05, 4.69) is 15.5 Å². The van der Waals surface area contributed by atoms with Crippen molar-refractivity contribution in [2.45, 2.75) is 13.8 Å². The summed E-state index contributed by atoms with van der Waals surface area (Å²) in [5.74, 6) is -0.318. The molecule has 7 heteroatoms. The van der Waals surface area contributed by atoms with E-state index in [-0.39, 0.29) is 5.91 Å². The molecule has 0 saturated heterocycles. The predicted molar refractivity (Wildman–Crippen MR) is 105 cm³/mol. The first-order valence-electron chi connectivity index (χ1n) is 7.86. The molecule has 132 valence electrons.